The van der Waals surface area contributed by atoms with Gasteiger partial charge in [0, 0.05) is 12.1 Å². The number of hydrogen-bond donors (Lipinski definition) is 1. The van der Waals surface area contributed by atoms with Crippen LogP contribution in [0.2, 0.25) is 10.0 Å². The highest BCUT2D eigenvalue weighted by Crippen LogP contribution is 2.35. The summed E-state index contributed by atoms with van der Waals surface area (Å²) in [6.45, 7) is -0.364. The van der Waals surface area contributed by atoms with Gasteiger partial charge in [0.15, 0.2) is 0 Å². The van der Waals surface area contributed by atoms with E-state index in [9.17, 15) is 9.59 Å². The van der Waals surface area contributed by atoms with Crippen LogP contribution in [0.3, 0.4) is 0 Å². The first kappa shape index (κ1) is 19.7. The van der Waals surface area contributed by atoms with Crippen molar-refractivity contribution < 1.29 is 14.3 Å². The topological polar surface area (TPSA) is 100 Å². The van der Waals surface area contributed by atoms with E-state index in [1.54, 1.807) is 24.3 Å². The zero-order valence-corrected chi connectivity index (χ0v) is 16.4. The van der Waals surface area contributed by atoms with Crippen LogP contribution in [-0.4, -0.2) is 39.9 Å². The van der Waals surface area contributed by atoms with Gasteiger partial charge in [0.05, 0.1) is 35.6 Å². The first-order chi connectivity index (χ1) is 13.4. The molecule has 0 aliphatic carbocycles. The van der Waals surface area contributed by atoms with Crippen LogP contribution in [0.15, 0.2) is 41.2 Å². The van der Waals surface area contributed by atoms with E-state index in [1.807, 2.05) is 0 Å². The molecule has 9 nitrogen and oxygen atoms in total. The van der Waals surface area contributed by atoms with E-state index in [0.29, 0.717) is 32.9 Å². The number of ether oxygens (including phenoxy) is 2. The first-order valence-corrected chi connectivity index (χ1v) is 8.69. The number of rotatable bonds is 6. The average molecular weight is 424 g/mol. The van der Waals surface area contributed by atoms with Crippen LogP contribution >= 0.6 is 23.2 Å². The molecule has 1 heterocycles. The maximum Gasteiger partial charge on any atom is 0.369 e. The zero-order valence-electron chi connectivity index (χ0n) is 14.8. The largest absolute Gasteiger partial charge is 0.495 e. The number of para-hydroxylation sites is 1. The van der Waals surface area contributed by atoms with Crippen molar-refractivity contribution in [2.24, 2.45) is 0 Å². The van der Waals surface area contributed by atoms with Gasteiger partial charge in [0.2, 0.25) is 5.91 Å². The van der Waals surface area contributed by atoms with Gasteiger partial charge in [0.25, 0.3) is 0 Å². The molecule has 11 heteroatoms. The Hall–Kier alpha value is -3.04. The van der Waals surface area contributed by atoms with Gasteiger partial charge in [-0.2, -0.15) is 9.36 Å². The molecule has 0 aliphatic heterocycles. The molecule has 28 heavy (non-hydrogen) atoms. The van der Waals surface area contributed by atoms with Crippen LogP contribution in [0, 0.1) is 0 Å². The van der Waals surface area contributed by atoms with Crippen molar-refractivity contribution in [1.82, 2.24) is 19.8 Å². The van der Waals surface area contributed by atoms with Crippen molar-refractivity contribution in [3.8, 4) is 17.2 Å². The fourth-order valence-corrected chi connectivity index (χ4v) is 2.88. The van der Waals surface area contributed by atoms with Gasteiger partial charge in [-0.1, -0.05) is 35.3 Å². The molecular formula is C17H15Cl2N5O4. The fourth-order valence-electron chi connectivity index (χ4n) is 2.43. The molecule has 3 aromatic rings. The summed E-state index contributed by atoms with van der Waals surface area (Å²) < 4.78 is 12.3. The summed E-state index contributed by atoms with van der Waals surface area (Å²) in [7, 11) is 2.89. The lowest BCUT2D eigenvalue weighted by Crippen LogP contribution is -2.29. The predicted molar refractivity (Wildman–Crippen MR) is 104 cm³/mol. The number of aromatic nitrogens is 4. The molecule has 0 saturated carbocycles. The number of amides is 1. The minimum absolute atomic E-state index is 0.330. The van der Waals surface area contributed by atoms with Crippen LogP contribution in [0.25, 0.3) is 5.69 Å². The lowest BCUT2D eigenvalue weighted by atomic mass is 10.2. The van der Waals surface area contributed by atoms with E-state index in [-0.39, 0.29) is 6.54 Å². The number of hydrogen-bond acceptors (Lipinski definition) is 6. The zero-order chi connectivity index (χ0) is 20.3. The van der Waals surface area contributed by atoms with Gasteiger partial charge in [-0.3, -0.25) is 4.79 Å². The molecule has 0 aliphatic rings. The van der Waals surface area contributed by atoms with Crippen molar-refractivity contribution in [2.75, 3.05) is 19.5 Å². The highest BCUT2D eigenvalue weighted by molar-refractivity contribution is 6.32. The summed E-state index contributed by atoms with van der Waals surface area (Å²) in [4.78, 5) is 24.9. The van der Waals surface area contributed by atoms with Crippen LogP contribution < -0.4 is 20.5 Å². The average Bonchev–Trinajstić information content (AvgIpc) is 3.03. The van der Waals surface area contributed by atoms with Crippen molar-refractivity contribution in [1.29, 1.82) is 0 Å². The van der Waals surface area contributed by atoms with Gasteiger partial charge in [-0.25, -0.2) is 4.79 Å². The highest BCUT2D eigenvalue weighted by atomic mass is 35.5. The molecule has 1 N–H and O–H groups in total. The number of halogens is 2. The van der Waals surface area contributed by atoms with E-state index in [2.05, 4.69) is 15.7 Å². The Bertz CT molecular complexity index is 1080. The molecule has 146 valence electrons. The second kappa shape index (κ2) is 8.32. The van der Waals surface area contributed by atoms with Gasteiger partial charge in [-0.15, -0.1) is 0 Å². The molecule has 1 amide bonds. The summed E-state index contributed by atoms with van der Waals surface area (Å²) in [6.07, 6.45) is 0. The number of tetrazole rings is 1. The third-order valence-electron chi connectivity index (χ3n) is 3.76. The molecule has 2 aromatic carbocycles. The minimum atomic E-state index is -0.607. The molecular weight excluding hydrogens is 409 g/mol. The van der Waals surface area contributed by atoms with Crippen molar-refractivity contribution >= 4 is 34.8 Å². The molecule has 0 unspecified atom stereocenters. The number of benzene rings is 2. The number of nitrogens with one attached hydrogen (secondary N) is 1. The highest BCUT2D eigenvalue weighted by Gasteiger charge is 2.16. The Kier molecular flexibility index (Phi) is 5.86. The van der Waals surface area contributed by atoms with E-state index in [0.717, 1.165) is 9.36 Å². The maximum absolute atomic E-state index is 12.5. The standard InChI is InChI=1S/C17H15Cl2N5O4/c1-27-14-8-12(15(28-2)7-11(14)19)20-16(25)9-23-17(26)24(22-21-23)13-6-4-3-5-10(13)18/h3-8H,9H2,1-2H3,(H,20,25). The third-order valence-corrected chi connectivity index (χ3v) is 4.38. The number of carbonyl (C=O) groups excluding carboxylic acids is 1. The van der Waals surface area contributed by atoms with Crippen molar-refractivity contribution in [2.45, 2.75) is 6.54 Å². The second-order valence-corrected chi connectivity index (χ2v) is 6.33. The lowest BCUT2D eigenvalue weighted by molar-refractivity contribution is -0.117. The van der Waals surface area contributed by atoms with Crippen LogP contribution in [0.5, 0.6) is 11.5 Å². The summed E-state index contributed by atoms with van der Waals surface area (Å²) >= 11 is 12.1. The van der Waals surface area contributed by atoms with Gasteiger partial charge < -0.3 is 14.8 Å². The summed E-state index contributed by atoms with van der Waals surface area (Å²) in [6, 6.07) is 9.70. The first-order valence-electron chi connectivity index (χ1n) is 7.93. The number of anilines is 1. The number of methoxy groups -OCH3 is 2. The molecule has 0 spiro atoms. The Labute approximate surface area is 169 Å². The normalized spacial score (nSPS) is 10.6. The van der Waals surface area contributed by atoms with E-state index >= 15 is 0 Å². The maximum atomic E-state index is 12.5. The minimum Gasteiger partial charge on any atom is -0.495 e. The molecule has 0 atom stereocenters. The van der Waals surface area contributed by atoms with Crippen LogP contribution in [0.4, 0.5) is 5.69 Å². The molecule has 3 rings (SSSR count). The quantitative estimate of drug-likeness (QED) is 0.653. The number of nitrogens with zero attached hydrogens (tertiary/aromatic N) is 4. The number of carbonyl (C=O) groups is 1. The summed E-state index contributed by atoms with van der Waals surface area (Å²) in [5.41, 5.74) is 0.0918. The monoisotopic (exact) mass is 423 g/mol. The molecule has 1 aromatic heterocycles. The Morgan fingerprint density at radius 1 is 1.07 bits per heavy atom. The van der Waals surface area contributed by atoms with Crippen molar-refractivity contribution in [3.05, 3.63) is 56.9 Å². The van der Waals surface area contributed by atoms with E-state index in [1.165, 1.54) is 26.4 Å². The molecule has 0 saturated heterocycles. The van der Waals surface area contributed by atoms with Crippen LogP contribution in [-0.2, 0) is 11.3 Å². The smallest absolute Gasteiger partial charge is 0.369 e. The van der Waals surface area contributed by atoms with Crippen molar-refractivity contribution in [3.63, 3.8) is 0 Å². The van der Waals surface area contributed by atoms with Gasteiger partial charge >= 0.3 is 5.69 Å². The third kappa shape index (κ3) is 3.95. The van der Waals surface area contributed by atoms with Gasteiger partial charge in [-0.05, 0) is 22.6 Å². The van der Waals surface area contributed by atoms with Gasteiger partial charge in [0.1, 0.15) is 18.0 Å². The lowest BCUT2D eigenvalue weighted by Gasteiger charge is -2.12. The SMILES string of the molecule is COc1cc(NC(=O)Cn2nnn(-c3ccccc3Cl)c2=O)c(OC)cc1Cl. The Morgan fingerprint density at radius 2 is 1.79 bits per heavy atom. The molecule has 0 fully saturated rings. The fraction of sp³-hybridized carbons (Fsp3) is 0.176. The summed E-state index contributed by atoms with van der Waals surface area (Å²) in [5.74, 6) is 0.182. The molecule has 0 bridgehead atoms. The Balaban J connectivity index is 1.82. The predicted octanol–water partition coefficient (Wildman–Crippen LogP) is 2.39. The van der Waals surface area contributed by atoms with Crippen LogP contribution in [0.1, 0.15) is 0 Å². The molecule has 0 radical (unpaired) electrons. The second-order valence-electron chi connectivity index (χ2n) is 5.52. The summed E-state index contributed by atoms with van der Waals surface area (Å²) in [5, 5.41) is 10.8. The van der Waals surface area contributed by atoms with E-state index in [4.69, 9.17) is 32.7 Å². The Morgan fingerprint density at radius 3 is 2.46 bits per heavy atom. The van der Waals surface area contributed by atoms with E-state index < -0.39 is 11.6 Å².